The predicted molar refractivity (Wildman–Crippen MR) is 58.9 cm³/mol. The molecule has 0 radical (unpaired) electrons. The molecule has 1 aliphatic carbocycles. The van der Waals surface area contributed by atoms with Gasteiger partial charge in [0.2, 0.25) is 0 Å². The zero-order valence-corrected chi connectivity index (χ0v) is 9.07. The van der Waals surface area contributed by atoms with E-state index < -0.39 is 0 Å². The van der Waals surface area contributed by atoms with E-state index in [0.717, 1.165) is 17.8 Å². The minimum atomic E-state index is 0.847. The first kappa shape index (κ1) is 9.43. The average molecular weight is 195 g/mol. The van der Waals surface area contributed by atoms with Crippen molar-refractivity contribution >= 4 is 11.8 Å². The van der Waals surface area contributed by atoms with E-state index in [4.69, 9.17) is 0 Å². The molecule has 2 heteroatoms. The highest BCUT2D eigenvalue weighted by atomic mass is 32.2. The first-order valence-corrected chi connectivity index (χ1v) is 6.22. The van der Waals surface area contributed by atoms with Gasteiger partial charge in [-0.3, -0.25) is 4.90 Å². The summed E-state index contributed by atoms with van der Waals surface area (Å²) in [5.41, 5.74) is 0. The van der Waals surface area contributed by atoms with Crippen LogP contribution in [0.15, 0.2) is 0 Å². The summed E-state index contributed by atoms with van der Waals surface area (Å²) < 4.78 is 0. The van der Waals surface area contributed by atoms with Crippen LogP contribution in [0.3, 0.4) is 0 Å². The van der Waals surface area contributed by atoms with Crippen molar-refractivity contribution in [2.45, 2.75) is 37.5 Å². The third kappa shape index (κ3) is 2.03. The number of rotatable bonds is 1. The van der Waals surface area contributed by atoms with Gasteiger partial charge in [0.25, 0.3) is 0 Å². The Morgan fingerprint density at radius 3 is 3.23 bits per heavy atom. The number of hydrogen-bond acceptors (Lipinski definition) is 2. The summed E-state index contributed by atoms with van der Waals surface area (Å²) in [7, 11) is 0. The molecule has 0 spiro atoms. The molecule has 2 aliphatic rings. The van der Waals surface area contributed by atoms with Crippen molar-refractivity contribution in [3.8, 4) is 11.8 Å². The fourth-order valence-corrected chi connectivity index (χ4v) is 3.89. The molecule has 0 aromatic carbocycles. The Hall–Kier alpha value is -0.130. The molecule has 13 heavy (non-hydrogen) atoms. The number of nitrogens with zero attached hydrogens (tertiary/aromatic N) is 1. The smallest absolute Gasteiger partial charge is 0.0604 e. The van der Waals surface area contributed by atoms with Crippen molar-refractivity contribution < 1.29 is 0 Å². The zero-order chi connectivity index (χ0) is 9.10. The molecule has 1 heterocycles. The van der Waals surface area contributed by atoms with E-state index in [1.165, 1.54) is 31.6 Å². The minimum absolute atomic E-state index is 0.847. The quantitative estimate of drug-likeness (QED) is 0.589. The maximum absolute atomic E-state index is 3.20. The second-order valence-electron chi connectivity index (χ2n) is 3.80. The van der Waals surface area contributed by atoms with E-state index in [9.17, 15) is 0 Å². The van der Waals surface area contributed by atoms with Crippen LogP contribution < -0.4 is 0 Å². The first-order valence-electron chi connectivity index (χ1n) is 5.17. The maximum atomic E-state index is 3.20. The molecule has 72 valence electrons. The van der Waals surface area contributed by atoms with E-state index in [1.807, 2.05) is 6.92 Å². The van der Waals surface area contributed by atoms with E-state index in [2.05, 4.69) is 28.5 Å². The van der Waals surface area contributed by atoms with Gasteiger partial charge in [-0.15, -0.1) is 5.92 Å². The van der Waals surface area contributed by atoms with E-state index in [0.29, 0.717) is 0 Å². The normalized spacial score (nSPS) is 33.6. The number of thioether (sulfide) groups is 1. The van der Waals surface area contributed by atoms with Crippen LogP contribution in [0.5, 0.6) is 0 Å². The summed E-state index contributed by atoms with van der Waals surface area (Å²) in [5, 5.41) is 0.924. The summed E-state index contributed by atoms with van der Waals surface area (Å²) in [6.45, 7) is 4.18. The van der Waals surface area contributed by atoms with Crippen LogP contribution in [0.4, 0.5) is 0 Å². The molecule has 2 atom stereocenters. The van der Waals surface area contributed by atoms with Crippen LogP contribution in [0.1, 0.15) is 26.2 Å². The van der Waals surface area contributed by atoms with Gasteiger partial charge in [-0.05, 0) is 19.8 Å². The first-order chi connectivity index (χ1) is 6.42. The summed E-state index contributed by atoms with van der Waals surface area (Å²) in [6, 6.07) is 0.847. The summed E-state index contributed by atoms with van der Waals surface area (Å²) in [4.78, 5) is 2.59. The van der Waals surface area contributed by atoms with Crippen molar-refractivity contribution in [2.24, 2.45) is 0 Å². The van der Waals surface area contributed by atoms with Crippen LogP contribution in [-0.4, -0.2) is 35.0 Å². The largest absolute Gasteiger partial charge is 0.287 e. The van der Waals surface area contributed by atoms with Crippen LogP contribution in [0, 0.1) is 11.8 Å². The topological polar surface area (TPSA) is 3.24 Å². The molecule has 1 saturated heterocycles. The molecule has 0 bridgehead atoms. The predicted octanol–water partition coefficient (Wildman–Crippen LogP) is 1.98. The van der Waals surface area contributed by atoms with Crippen LogP contribution in [-0.2, 0) is 0 Å². The number of hydrogen-bond donors (Lipinski definition) is 0. The van der Waals surface area contributed by atoms with Crippen molar-refractivity contribution in [3.63, 3.8) is 0 Å². The monoisotopic (exact) mass is 195 g/mol. The summed E-state index contributed by atoms with van der Waals surface area (Å²) in [6.07, 6.45) is 4.27. The molecule has 1 aliphatic heterocycles. The van der Waals surface area contributed by atoms with Gasteiger partial charge in [-0.1, -0.05) is 12.3 Å². The highest BCUT2D eigenvalue weighted by Gasteiger charge is 2.34. The van der Waals surface area contributed by atoms with Gasteiger partial charge in [-0.25, -0.2) is 0 Å². The van der Waals surface area contributed by atoms with Crippen molar-refractivity contribution in [1.29, 1.82) is 0 Å². The Balaban J connectivity index is 1.96. The average Bonchev–Trinajstić information content (AvgIpc) is 2.62. The molecule has 1 nitrogen and oxygen atoms in total. The van der Waals surface area contributed by atoms with Crippen LogP contribution >= 0.6 is 11.8 Å². The SMILES string of the molecule is CC#CCN1CCSC2CCCC21. The Kier molecular flexibility index (Phi) is 3.18. The molecule has 2 fully saturated rings. The fraction of sp³-hybridized carbons (Fsp3) is 0.818. The second kappa shape index (κ2) is 4.39. The van der Waals surface area contributed by atoms with Crippen molar-refractivity contribution in [3.05, 3.63) is 0 Å². The van der Waals surface area contributed by atoms with Crippen molar-refractivity contribution in [1.82, 2.24) is 4.90 Å². The lowest BCUT2D eigenvalue weighted by Gasteiger charge is -2.35. The molecular formula is C11H17NS. The zero-order valence-electron chi connectivity index (χ0n) is 8.25. The third-order valence-corrected chi connectivity index (χ3v) is 4.45. The standard InChI is InChI=1S/C11H17NS/c1-2-3-7-12-8-9-13-11-6-4-5-10(11)12/h10-11H,4-9H2,1H3. The van der Waals surface area contributed by atoms with Crippen LogP contribution in [0.25, 0.3) is 0 Å². The van der Waals surface area contributed by atoms with Gasteiger partial charge >= 0.3 is 0 Å². The van der Waals surface area contributed by atoms with E-state index >= 15 is 0 Å². The van der Waals surface area contributed by atoms with Gasteiger partial charge in [0.05, 0.1) is 6.54 Å². The number of fused-ring (bicyclic) bond motifs is 1. The van der Waals surface area contributed by atoms with E-state index in [-0.39, 0.29) is 0 Å². The lowest BCUT2D eigenvalue weighted by Crippen LogP contribution is -2.44. The molecule has 0 aromatic heterocycles. The third-order valence-electron chi connectivity index (χ3n) is 3.06. The summed E-state index contributed by atoms with van der Waals surface area (Å²) in [5.74, 6) is 7.51. The van der Waals surface area contributed by atoms with Crippen molar-refractivity contribution in [2.75, 3.05) is 18.8 Å². The lowest BCUT2D eigenvalue weighted by molar-refractivity contribution is 0.233. The molecule has 0 aromatic rings. The van der Waals surface area contributed by atoms with Gasteiger partial charge in [0, 0.05) is 23.6 Å². The highest BCUT2D eigenvalue weighted by molar-refractivity contribution is 8.00. The van der Waals surface area contributed by atoms with Gasteiger partial charge in [0.1, 0.15) is 0 Å². The Morgan fingerprint density at radius 2 is 2.38 bits per heavy atom. The lowest BCUT2D eigenvalue weighted by atomic mass is 10.2. The summed E-state index contributed by atoms with van der Waals surface area (Å²) >= 11 is 2.18. The molecular weight excluding hydrogens is 178 g/mol. The second-order valence-corrected chi connectivity index (χ2v) is 5.15. The maximum Gasteiger partial charge on any atom is 0.0604 e. The Labute approximate surface area is 85.3 Å². The molecule has 0 N–H and O–H groups in total. The fourth-order valence-electron chi connectivity index (χ4n) is 2.38. The molecule has 1 saturated carbocycles. The van der Waals surface area contributed by atoms with Gasteiger partial charge in [-0.2, -0.15) is 11.8 Å². The van der Waals surface area contributed by atoms with E-state index in [1.54, 1.807) is 0 Å². The van der Waals surface area contributed by atoms with Gasteiger partial charge in [0.15, 0.2) is 0 Å². The Bertz CT molecular complexity index is 228. The highest BCUT2D eigenvalue weighted by Crippen LogP contribution is 2.36. The molecule has 2 rings (SSSR count). The Morgan fingerprint density at radius 1 is 1.46 bits per heavy atom. The molecule has 2 unspecified atom stereocenters. The molecule has 0 amide bonds. The van der Waals surface area contributed by atoms with Gasteiger partial charge < -0.3 is 0 Å². The minimum Gasteiger partial charge on any atom is -0.287 e. The van der Waals surface area contributed by atoms with Crippen LogP contribution in [0.2, 0.25) is 0 Å².